The van der Waals surface area contributed by atoms with Crippen molar-refractivity contribution in [1.82, 2.24) is 0 Å². The molecule has 0 aliphatic heterocycles. The Labute approximate surface area is 112 Å². The third kappa shape index (κ3) is 3.81. The van der Waals surface area contributed by atoms with Crippen LogP contribution in [0.2, 0.25) is 0 Å². The molecule has 0 saturated heterocycles. The van der Waals surface area contributed by atoms with Crippen LogP contribution in [0.3, 0.4) is 0 Å². The highest BCUT2D eigenvalue weighted by Gasteiger charge is 2.04. The highest BCUT2D eigenvalue weighted by Crippen LogP contribution is 2.25. The summed E-state index contributed by atoms with van der Waals surface area (Å²) < 4.78 is 19.2. The fraction of sp³-hybridized carbons (Fsp3) is 0.0588. The average molecular weight is 254 g/mol. The summed E-state index contributed by atoms with van der Waals surface area (Å²) in [5.41, 5.74) is 0.894. The van der Waals surface area contributed by atoms with Crippen molar-refractivity contribution in [2.45, 2.75) is 6.92 Å². The van der Waals surface area contributed by atoms with Gasteiger partial charge in [-0.05, 0) is 36.8 Å². The van der Waals surface area contributed by atoms with Crippen LogP contribution < -0.4 is 4.74 Å². The monoisotopic (exact) mass is 254 g/mol. The summed E-state index contributed by atoms with van der Waals surface area (Å²) in [6, 6.07) is 14.0. The second-order valence-corrected chi connectivity index (χ2v) is 3.99. The molecule has 2 rings (SSSR count). The molecular weight excluding hydrogens is 239 g/mol. The second kappa shape index (κ2) is 6.55. The third-order valence-electron chi connectivity index (χ3n) is 2.52. The molecule has 1 nitrogen and oxygen atoms in total. The van der Waals surface area contributed by atoms with Crippen LogP contribution in [0.5, 0.6) is 11.5 Å². The van der Waals surface area contributed by atoms with Gasteiger partial charge in [0.1, 0.15) is 5.75 Å². The van der Waals surface area contributed by atoms with E-state index in [1.54, 1.807) is 24.3 Å². The van der Waals surface area contributed by atoms with E-state index < -0.39 is 0 Å². The summed E-state index contributed by atoms with van der Waals surface area (Å²) in [4.78, 5) is 0. The van der Waals surface area contributed by atoms with Gasteiger partial charge in [0.15, 0.2) is 11.6 Å². The van der Waals surface area contributed by atoms with Gasteiger partial charge in [-0.15, -0.1) is 0 Å². The van der Waals surface area contributed by atoms with Gasteiger partial charge in [-0.1, -0.05) is 48.6 Å². The first-order valence-corrected chi connectivity index (χ1v) is 6.11. The van der Waals surface area contributed by atoms with Crippen LogP contribution in [0.1, 0.15) is 12.5 Å². The van der Waals surface area contributed by atoms with Gasteiger partial charge in [-0.2, -0.15) is 0 Å². The van der Waals surface area contributed by atoms with Crippen LogP contribution in [0.25, 0.3) is 6.08 Å². The average Bonchev–Trinajstić information content (AvgIpc) is 2.44. The molecule has 0 atom stereocenters. The van der Waals surface area contributed by atoms with Crippen molar-refractivity contribution >= 4 is 6.08 Å². The molecule has 19 heavy (non-hydrogen) atoms. The molecule has 0 N–H and O–H groups in total. The zero-order valence-corrected chi connectivity index (χ0v) is 10.7. The Morgan fingerprint density at radius 1 is 1.00 bits per heavy atom. The van der Waals surface area contributed by atoms with Crippen molar-refractivity contribution in [2.75, 3.05) is 0 Å². The smallest absolute Gasteiger partial charge is 0.165 e. The second-order valence-electron chi connectivity index (χ2n) is 3.99. The zero-order chi connectivity index (χ0) is 13.5. The lowest BCUT2D eigenvalue weighted by atomic mass is 10.2. The Bertz CT molecular complexity index is 585. The van der Waals surface area contributed by atoms with Crippen molar-refractivity contribution < 1.29 is 9.13 Å². The Balaban J connectivity index is 2.22. The fourth-order valence-electron chi connectivity index (χ4n) is 1.60. The number of halogens is 1. The normalized spacial score (nSPS) is 11.3. The summed E-state index contributed by atoms with van der Waals surface area (Å²) in [5, 5.41) is 0. The van der Waals surface area contributed by atoms with E-state index in [-0.39, 0.29) is 11.6 Å². The van der Waals surface area contributed by atoms with E-state index in [2.05, 4.69) is 0 Å². The molecule has 0 saturated carbocycles. The van der Waals surface area contributed by atoms with E-state index in [0.29, 0.717) is 5.75 Å². The number of rotatable bonds is 4. The quantitative estimate of drug-likeness (QED) is 0.681. The van der Waals surface area contributed by atoms with Gasteiger partial charge in [0.25, 0.3) is 0 Å². The molecule has 0 bridgehead atoms. The lowest BCUT2D eigenvalue weighted by Crippen LogP contribution is -1.88. The molecule has 0 amide bonds. The van der Waals surface area contributed by atoms with Gasteiger partial charge in [0, 0.05) is 0 Å². The standard InChI is InChI=1S/C17H15FO/c1-2-3-5-8-14-11-12-16(18)17(13-14)19-15-9-6-4-7-10-15/h2-13H,1H3. The lowest BCUT2D eigenvalue weighted by molar-refractivity contribution is 0.442. The number of para-hydroxylation sites is 1. The highest BCUT2D eigenvalue weighted by molar-refractivity contribution is 5.54. The molecular formula is C17H15FO. The minimum absolute atomic E-state index is 0.230. The van der Waals surface area contributed by atoms with Crippen molar-refractivity contribution in [3.63, 3.8) is 0 Å². The van der Waals surface area contributed by atoms with Crippen LogP contribution in [-0.2, 0) is 0 Å². The summed E-state index contributed by atoms with van der Waals surface area (Å²) >= 11 is 0. The van der Waals surface area contributed by atoms with Crippen LogP contribution in [-0.4, -0.2) is 0 Å². The SMILES string of the molecule is CC=CC=Cc1ccc(F)c(Oc2ccccc2)c1. The number of hydrogen-bond donors (Lipinski definition) is 0. The summed E-state index contributed by atoms with van der Waals surface area (Å²) in [6.07, 6.45) is 7.65. The van der Waals surface area contributed by atoms with Gasteiger partial charge in [-0.25, -0.2) is 4.39 Å². The molecule has 2 aromatic carbocycles. The van der Waals surface area contributed by atoms with Crippen molar-refractivity contribution in [2.24, 2.45) is 0 Å². The molecule has 0 heterocycles. The Morgan fingerprint density at radius 2 is 1.79 bits per heavy atom. The summed E-state index contributed by atoms with van der Waals surface area (Å²) in [7, 11) is 0. The number of allylic oxidation sites excluding steroid dienone is 3. The predicted molar refractivity (Wildman–Crippen MR) is 76.8 cm³/mol. The van der Waals surface area contributed by atoms with E-state index in [1.165, 1.54) is 6.07 Å². The van der Waals surface area contributed by atoms with Gasteiger partial charge in [0.05, 0.1) is 0 Å². The van der Waals surface area contributed by atoms with Gasteiger partial charge in [0.2, 0.25) is 0 Å². The maximum absolute atomic E-state index is 13.7. The highest BCUT2D eigenvalue weighted by atomic mass is 19.1. The lowest BCUT2D eigenvalue weighted by Gasteiger charge is -2.07. The minimum Gasteiger partial charge on any atom is -0.454 e. The first-order chi connectivity index (χ1) is 9.29. The molecule has 2 aromatic rings. The molecule has 0 aliphatic rings. The molecule has 0 unspecified atom stereocenters. The van der Waals surface area contributed by atoms with Crippen LogP contribution >= 0.6 is 0 Å². The first kappa shape index (κ1) is 13.1. The molecule has 0 aromatic heterocycles. The number of hydrogen-bond acceptors (Lipinski definition) is 1. The van der Waals surface area contributed by atoms with E-state index in [0.717, 1.165) is 5.56 Å². The number of ether oxygens (including phenoxy) is 1. The molecule has 0 radical (unpaired) electrons. The zero-order valence-electron chi connectivity index (χ0n) is 10.7. The van der Waals surface area contributed by atoms with Crippen LogP contribution in [0.15, 0.2) is 66.8 Å². The van der Waals surface area contributed by atoms with E-state index in [9.17, 15) is 4.39 Å². The Kier molecular flexibility index (Phi) is 4.51. The fourth-order valence-corrected chi connectivity index (χ4v) is 1.60. The Morgan fingerprint density at radius 3 is 2.53 bits per heavy atom. The van der Waals surface area contributed by atoms with Gasteiger partial charge in [-0.3, -0.25) is 0 Å². The number of benzene rings is 2. The third-order valence-corrected chi connectivity index (χ3v) is 2.52. The maximum atomic E-state index is 13.7. The van der Waals surface area contributed by atoms with Gasteiger partial charge >= 0.3 is 0 Å². The largest absolute Gasteiger partial charge is 0.454 e. The molecule has 0 fully saturated rings. The first-order valence-electron chi connectivity index (χ1n) is 6.11. The van der Waals surface area contributed by atoms with Crippen LogP contribution in [0.4, 0.5) is 4.39 Å². The van der Waals surface area contributed by atoms with E-state index in [1.807, 2.05) is 49.4 Å². The maximum Gasteiger partial charge on any atom is 0.165 e. The van der Waals surface area contributed by atoms with Crippen molar-refractivity contribution in [3.8, 4) is 11.5 Å². The van der Waals surface area contributed by atoms with E-state index >= 15 is 0 Å². The molecule has 0 aliphatic carbocycles. The molecule has 2 heteroatoms. The molecule has 96 valence electrons. The van der Waals surface area contributed by atoms with Crippen molar-refractivity contribution in [3.05, 3.63) is 78.1 Å². The van der Waals surface area contributed by atoms with E-state index in [4.69, 9.17) is 4.74 Å². The Hall–Kier alpha value is -2.35. The minimum atomic E-state index is -0.368. The topological polar surface area (TPSA) is 9.23 Å². The predicted octanol–water partition coefficient (Wildman–Crippen LogP) is 5.21. The molecule has 0 spiro atoms. The summed E-state index contributed by atoms with van der Waals surface area (Å²) in [5.74, 6) is 0.483. The summed E-state index contributed by atoms with van der Waals surface area (Å²) in [6.45, 7) is 1.94. The van der Waals surface area contributed by atoms with Crippen molar-refractivity contribution in [1.29, 1.82) is 0 Å². The van der Waals surface area contributed by atoms with Crippen LogP contribution in [0, 0.1) is 5.82 Å². The van der Waals surface area contributed by atoms with Gasteiger partial charge < -0.3 is 4.74 Å².